The summed E-state index contributed by atoms with van der Waals surface area (Å²) in [5.74, 6) is -0.506. The monoisotopic (exact) mass is 231 g/mol. The van der Waals surface area contributed by atoms with E-state index in [9.17, 15) is 13.6 Å². The maximum absolute atomic E-state index is 12.5. The standard InChI is InChI=1S/C8H4ClF2N3O/c9-6(15)4-3(1-12)2-14-8(13)5(4)7(10)11/h2,7H,(H2,13,14). The van der Waals surface area contributed by atoms with Gasteiger partial charge in [-0.2, -0.15) is 5.26 Å². The maximum Gasteiger partial charge on any atom is 0.268 e. The van der Waals surface area contributed by atoms with Crippen LogP contribution < -0.4 is 5.73 Å². The molecule has 0 bridgehead atoms. The minimum atomic E-state index is -3.01. The fourth-order valence-corrected chi connectivity index (χ4v) is 1.26. The number of aromatic nitrogens is 1. The number of pyridine rings is 1. The topological polar surface area (TPSA) is 79.8 Å². The van der Waals surface area contributed by atoms with Crippen molar-refractivity contribution in [1.82, 2.24) is 4.98 Å². The third-order valence-electron chi connectivity index (χ3n) is 1.68. The molecule has 0 unspecified atom stereocenters. The van der Waals surface area contributed by atoms with Gasteiger partial charge in [0, 0.05) is 6.20 Å². The first kappa shape index (κ1) is 11.3. The van der Waals surface area contributed by atoms with Gasteiger partial charge in [0.2, 0.25) is 0 Å². The van der Waals surface area contributed by atoms with E-state index >= 15 is 0 Å². The lowest BCUT2D eigenvalue weighted by Gasteiger charge is -2.08. The predicted octanol–water partition coefficient (Wildman–Crippen LogP) is 1.85. The third-order valence-corrected chi connectivity index (χ3v) is 1.87. The first-order valence-corrected chi connectivity index (χ1v) is 4.03. The van der Waals surface area contributed by atoms with Crippen molar-refractivity contribution in [2.75, 3.05) is 5.73 Å². The highest BCUT2D eigenvalue weighted by Gasteiger charge is 2.24. The van der Waals surface area contributed by atoms with Crippen LogP contribution in [0.3, 0.4) is 0 Å². The Kier molecular flexibility index (Phi) is 3.17. The smallest absolute Gasteiger partial charge is 0.268 e. The zero-order chi connectivity index (χ0) is 11.6. The molecule has 7 heteroatoms. The molecule has 1 heterocycles. The Morgan fingerprint density at radius 2 is 2.27 bits per heavy atom. The van der Waals surface area contributed by atoms with Crippen LogP contribution in [0.25, 0.3) is 0 Å². The molecule has 1 aromatic rings. The molecular weight excluding hydrogens is 228 g/mol. The van der Waals surface area contributed by atoms with Crippen LogP contribution in [0, 0.1) is 11.3 Å². The molecule has 0 saturated carbocycles. The van der Waals surface area contributed by atoms with E-state index in [0.717, 1.165) is 6.20 Å². The summed E-state index contributed by atoms with van der Waals surface area (Å²) in [6.45, 7) is 0. The van der Waals surface area contributed by atoms with Crippen molar-refractivity contribution in [3.05, 3.63) is 22.9 Å². The number of nitrogen functional groups attached to an aromatic ring is 1. The van der Waals surface area contributed by atoms with E-state index in [-0.39, 0.29) is 5.56 Å². The molecule has 0 aliphatic carbocycles. The van der Waals surface area contributed by atoms with Gasteiger partial charge >= 0.3 is 0 Å². The number of anilines is 1. The molecule has 4 nitrogen and oxygen atoms in total. The van der Waals surface area contributed by atoms with Gasteiger partial charge in [0.25, 0.3) is 11.7 Å². The Morgan fingerprint density at radius 3 is 2.67 bits per heavy atom. The van der Waals surface area contributed by atoms with E-state index in [1.54, 1.807) is 6.07 Å². The summed E-state index contributed by atoms with van der Waals surface area (Å²) in [7, 11) is 0. The van der Waals surface area contributed by atoms with Crippen LogP contribution >= 0.6 is 11.6 Å². The van der Waals surface area contributed by atoms with Gasteiger partial charge in [-0.05, 0) is 11.6 Å². The minimum Gasteiger partial charge on any atom is -0.383 e. The molecule has 0 radical (unpaired) electrons. The van der Waals surface area contributed by atoms with Crippen molar-refractivity contribution >= 4 is 22.7 Å². The first-order valence-electron chi connectivity index (χ1n) is 3.65. The van der Waals surface area contributed by atoms with Gasteiger partial charge in [-0.15, -0.1) is 0 Å². The number of halogens is 3. The van der Waals surface area contributed by atoms with E-state index in [0.29, 0.717) is 0 Å². The number of carbonyl (C=O) groups excluding carboxylic acids is 1. The molecule has 2 N–H and O–H groups in total. The van der Waals surface area contributed by atoms with Crippen LogP contribution in [0.1, 0.15) is 27.9 Å². The molecule has 15 heavy (non-hydrogen) atoms. The SMILES string of the molecule is N#Cc1cnc(N)c(C(F)F)c1C(=O)Cl. The Labute approximate surface area is 88.3 Å². The molecule has 0 atom stereocenters. The summed E-state index contributed by atoms with van der Waals surface area (Å²) >= 11 is 5.10. The number of nitriles is 1. The van der Waals surface area contributed by atoms with E-state index in [2.05, 4.69) is 4.98 Å². The van der Waals surface area contributed by atoms with Crippen molar-refractivity contribution < 1.29 is 13.6 Å². The number of hydrogen-bond donors (Lipinski definition) is 1. The highest BCUT2D eigenvalue weighted by molar-refractivity contribution is 6.68. The van der Waals surface area contributed by atoms with Crippen LogP contribution in [-0.4, -0.2) is 10.2 Å². The lowest BCUT2D eigenvalue weighted by Crippen LogP contribution is -2.08. The molecule has 0 saturated heterocycles. The molecule has 1 rings (SSSR count). The number of hydrogen-bond acceptors (Lipinski definition) is 4. The van der Waals surface area contributed by atoms with Crippen molar-refractivity contribution in [3.8, 4) is 6.07 Å². The maximum atomic E-state index is 12.5. The predicted molar refractivity (Wildman–Crippen MR) is 48.5 cm³/mol. The fraction of sp³-hybridized carbons (Fsp3) is 0.125. The fourth-order valence-electron chi connectivity index (χ4n) is 1.06. The molecule has 0 spiro atoms. The number of alkyl halides is 2. The molecule has 1 aromatic heterocycles. The lowest BCUT2D eigenvalue weighted by molar-refractivity contribution is 0.106. The molecule has 0 aliphatic rings. The Balaban J connectivity index is 3.60. The van der Waals surface area contributed by atoms with Crippen LogP contribution in [0.2, 0.25) is 0 Å². The van der Waals surface area contributed by atoms with Gasteiger partial charge in [0.15, 0.2) is 0 Å². The van der Waals surface area contributed by atoms with E-state index < -0.39 is 28.6 Å². The highest BCUT2D eigenvalue weighted by atomic mass is 35.5. The number of carbonyl (C=O) groups is 1. The van der Waals surface area contributed by atoms with Crippen molar-refractivity contribution in [2.24, 2.45) is 0 Å². The zero-order valence-corrected chi connectivity index (χ0v) is 7.92. The van der Waals surface area contributed by atoms with Crippen molar-refractivity contribution in [3.63, 3.8) is 0 Å². The summed E-state index contributed by atoms with van der Waals surface area (Å²) in [4.78, 5) is 14.3. The van der Waals surface area contributed by atoms with E-state index in [4.69, 9.17) is 22.6 Å². The Morgan fingerprint density at radius 1 is 1.67 bits per heavy atom. The van der Waals surface area contributed by atoms with Gasteiger partial charge < -0.3 is 5.73 Å². The highest BCUT2D eigenvalue weighted by Crippen LogP contribution is 2.30. The van der Waals surface area contributed by atoms with Gasteiger partial charge in [-0.1, -0.05) is 0 Å². The number of nitrogens with zero attached hydrogens (tertiary/aromatic N) is 2. The zero-order valence-electron chi connectivity index (χ0n) is 7.17. The van der Waals surface area contributed by atoms with Gasteiger partial charge in [0.1, 0.15) is 11.9 Å². The largest absolute Gasteiger partial charge is 0.383 e. The number of nitrogens with two attached hydrogens (primary N) is 1. The van der Waals surface area contributed by atoms with Crippen LogP contribution in [0.5, 0.6) is 0 Å². The van der Waals surface area contributed by atoms with Gasteiger partial charge in [0.05, 0.1) is 16.7 Å². The average Bonchev–Trinajstić information content (AvgIpc) is 2.16. The molecule has 0 aromatic carbocycles. The van der Waals surface area contributed by atoms with E-state index in [1.165, 1.54) is 0 Å². The third kappa shape index (κ3) is 2.02. The molecule has 0 fully saturated rings. The summed E-state index contributed by atoms with van der Waals surface area (Å²) in [5.41, 5.74) is 3.47. The van der Waals surface area contributed by atoms with Gasteiger partial charge in [-0.25, -0.2) is 13.8 Å². The van der Waals surface area contributed by atoms with Crippen LogP contribution in [0.4, 0.5) is 14.6 Å². The average molecular weight is 232 g/mol. The minimum absolute atomic E-state index is 0.320. The summed E-state index contributed by atoms with van der Waals surface area (Å²) < 4.78 is 25.0. The first-order chi connectivity index (χ1) is 6.99. The van der Waals surface area contributed by atoms with Gasteiger partial charge in [-0.3, -0.25) is 4.79 Å². The van der Waals surface area contributed by atoms with Crippen LogP contribution in [0.15, 0.2) is 6.20 Å². The second kappa shape index (κ2) is 4.19. The van der Waals surface area contributed by atoms with Crippen LogP contribution in [-0.2, 0) is 0 Å². The molecular formula is C8H4ClF2N3O. The molecule has 0 aliphatic heterocycles. The second-order valence-electron chi connectivity index (χ2n) is 2.53. The molecule has 78 valence electrons. The Bertz CT molecular complexity index is 456. The quantitative estimate of drug-likeness (QED) is 0.788. The summed E-state index contributed by atoms with van der Waals surface area (Å²) in [5, 5.41) is 7.42. The lowest BCUT2D eigenvalue weighted by atomic mass is 10.1. The number of rotatable bonds is 2. The Hall–Kier alpha value is -1.74. The summed E-state index contributed by atoms with van der Waals surface area (Å²) in [6.07, 6.45) is -2.08. The van der Waals surface area contributed by atoms with E-state index in [1.807, 2.05) is 0 Å². The van der Waals surface area contributed by atoms with Crippen molar-refractivity contribution in [1.29, 1.82) is 5.26 Å². The van der Waals surface area contributed by atoms with Crippen molar-refractivity contribution in [2.45, 2.75) is 6.43 Å². The normalized spacial score (nSPS) is 10.1. The second-order valence-corrected chi connectivity index (χ2v) is 2.88. The molecule has 0 amide bonds. The summed E-state index contributed by atoms with van der Waals surface area (Å²) in [6, 6.07) is 1.54.